The Hall–Kier alpha value is -0.350. The van der Waals surface area contributed by atoms with Crippen molar-refractivity contribution in [2.45, 2.75) is 39.7 Å². The maximum Gasteiger partial charge on any atom is 0.0738 e. The van der Waals surface area contributed by atoms with Crippen molar-refractivity contribution in [1.82, 2.24) is 15.1 Å². The molecule has 1 atom stereocenters. The molecule has 1 aliphatic heterocycles. The lowest BCUT2D eigenvalue weighted by Gasteiger charge is -2.22. The molecule has 0 aromatic carbocycles. The molecule has 0 saturated carbocycles. The average Bonchev–Trinajstić information content (AvgIpc) is 2.56. The number of rotatable bonds is 3. The first-order chi connectivity index (χ1) is 7.68. The molecule has 90 valence electrons. The molecule has 2 rings (SSSR count). The van der Waals surface area contributed by atoms with Crippen molar-refractivity contribution >= 4 is 15.9 Å². The van der Waals surface area contributed by atoms with Crippen LogP contribution in [0.25, 0.3) is 0 Å². The topological polar surface area (TPSA) is 29.9 Å². The van der Waals surface area contributed by atoms with Gasteiger partial charge in [-0.2, -0.15) is 5.10 Å². The zero-order chi connectivity index (χ0) is 11.5. The molecule has 1 saturated heterocycles. The quantitative estimate of drug-likeness (QED) is 0.925. The fraction of sp³-hybridized carbons (Fsp3) is 0.750. The molecule has 1 fully saturated rings. The third-order valence-corrected chi connectivity index (χ3v) is 4.59. The molecular formula is C12H20BrN3. The summed E-state index contributed by atoms with van der Waals surface area (Å²) in [7, 11) is 0. The highest BCUT2D eigenvalue weighted by Crippen LogP contribution is 2.21. The lowest BCUT2D eigenvalue weighted by molar-refractivity contribution is 0.334. The first-order valence-electron chi connectivity index (χ1n) is 6.08. The fourth-order valence-electron chi connectivity index (χ4n) is 2.37. The van der Waals surface area contributed by atoms with Gasteiger partial charge in [0.05, 0.1) is 10.2 Å². The Morgan fingerprint density at radius 3 is 2.88 bits per heavy atom. The zero-order valence-corrected chi connectivity index (χ0v) is 11.7. The predicted octanol–water partition coefficient (Wildman–Crippen LogP) is 2.65. The van der Waals surface area contributed by atoms with Crippen LogP contribution in [0.15, 0.2) is 4.47 Å². The van der Waals surface area contributed by atoms with E-state index in [2.05, 4.69) is 44.9 Å². The minimum atomic E-state index is 0.830. The summed E-state index contributed by atoms with van der Waals surface area (Å²) in [6.45, 7) is 7.60. The number of halogens is 1. The summed E-state index contributed by atoms with van der Waals surface area (Å²) in [6, 6.07) is 0. The molecule has 16 heavy (non-hydrogen) atoms. The third kappa shape index (κ3) is 2.66. The molecule has 1 aliphatic rings. The van der Waals surface area contributed by atoms with Gasteiger partial charge < -0.3 is 5.32 Å². The fourth-order valence-corrected chi connectivity index (χ4v) is 2.65. The van der Waals surface area contributed by atoms with Crippen molar-refractivity contribution in [3.8, 4) is 0 Å². The summed E-state index contributed by atoms with van der Waals surface area (Å²) in [5.41, 5.74) is 2.35. The number of hydrogen-bond donors (Lipinski definition) is 1. The van der Waals surface area contributed by atoms with E-state index in [1.165, 1.54) is 38.0 Å². The van der Waals surface area contributed by atoms with Crippen LogP contribution in [0.4, 0.5) is 0 Å². The maximum atomic E-state index is 4.54. The van der Waals surface area contributed by atoms with E-state index in [1.807, 2.05) is 0 Å². The van der Waals surface area contributed by atoms with Gasteiger partial charge in [0.15, 0.2) is 0 Å². The van der Waals surface area contributed by atoms with Gasteiger partial charge in [0.1, 0.15) is 0 Å². The summed E-state index contributed by atoms with van der Waals surface area (Å²) in [5, 5.41) is 8.01. The smallest absolute Gasteiger partial charge is 0.0738 e. The number of nitrogens with zero attached hydrogens (tertiary/aromatic N) is 2. The van der Waals surface area contributed by atoms with Crippen LogP contribution >= 0.6 is 15.9 Å². The van der Waals surface area contributed by atoms with Crippen LogP contribution in [0.2, 0.25) is 0 Å². The first-order valence-corrected chi connectivity index (χ1v) is 6.88. The van der Waals surface area contributed by atoms with Gasteiger partial charge in [-0.25, -0.2) is 0 Å². The number of aromatic nitrogens is 2. The Kier molecular flexibility index (Phi) is 4.03. The highest BCUT2D eigenvalue weighted by molar-refractivity contribution is 9.10. The van der Waals surface area contributed by atoms with Crippen molar-refractivity contribution in [2.24, 2.45) is 5.92 Å². The van der Waals surface area contributed by atoms with E-state index in [0.717, 1.165) is 22.6 Å². The van der Waals surface area contributed by atoms with Crippen LogP contribution in [0.3, 0.4) is 0 Å². The van der Waals surface area contributed by atoms with E-state index in [-0.39, 0.29) is 0 Å². The van der Waals surface area contributed by atoms with Crippen molar-refractivity contribution in [3.05, 3.63) is 15.9 Å². The Balaban J connectivity index is 1.91. The average molecular weight is 286 g/mol. The number of aryl methyl sites for hydroxylation is 2. The standard InChI is InChI=1S/C12H20BrN3/c1-9-12(13)10(2)16(15-9)7-5-11-4-3-6-14-8-11/h11,14H,3-8H2,1-2H3. The van der Waals surface area contributed by atoms with Crippen molar-refractivity contribution in [1.29, 1.82) is 0 Å². The van der Waals surface area contributed by atoms with Gasteiger partial charge in [0.2, 0.25) is 0 Å². The number of nitrogens with one attached hydrogen (secondary N) is 1. The Morgan fingerprint density at radius 2 is 2.31 bits per heavy atom. The molecule has 1 aromatic rings. The van der Waals surface area contributed by atoms with E-state index in [0.29, 0.717) is 0 Å². The van der Waals surface area contributed by atoms with Gasteiger partial charge in [0.25, 0.3) is 0 Å². The summed E-state index contributed by atoms with van der Waals surface area (Å²) >= 11 is 3.57. The van der Waals surface area contributed by atoms with Crippen LogP contribution in [-0.2, 0) is 6.54 Å². The van der Waals surface area contributed by atoms with Gasteiger partial charge in [-0.1, -0.05) is 0 Å². The second kappa shape index (κ2) is 5.32. The van der Waals surface area contributed by atoms with Gasteiger partial charge in [-0.15, -0.1) is 0 Å². The first kappa shape index (κ1) is 12.1. The summed E-state index contributed by atoms with van der Waals surface area (Å²) in [4.78, 5) is 0. The molecule has 0 spiro atoms. The lowest BCUT2D eigenvalue weighted by atomic mass is 9.96. The van der Waals surface area contributed by atoms with E-state index >= 15 is 0 Å². The predicted molar refractivity (Wildman–Crippen MR) is 69.6 cm³/mol. The SMILES string of the molecule is Cc1nn(CCC2CCCNC2)c(C)c1Br. The van der Waals surface area contributed by atoms with E-state index in [1.54, 1.807) is 0 Å². The lowest BCUT2D eigenvalue weighted by Crippen LogP contribution is -2.30. The highest BCUT2D eigenvalue weighted by atomic mass is 79.9. The van der Waals surface area contributed by atoms with Crippen LogP contribution in [0.5, 0.6) is 0 Å². The minimum Gasteiger partial charge on any atom is -0.316 e. The zero-order valence-electron chi connectivity index (χ0n) is 10.1. The van der Waals surface area contributed by atoms with E-state index in [4.69, 9.17) is 0 Å². The van der Waals surface area contributed by atoms with Crippen molar-refractivity contribution in [2.75, 3.05) is 13.1 Å². The molecule has 0 radical (unpaired) electrons. The van der Waals surface area contributed by atoms with Crippen molar-refractivity contribution in [3.63, 3.8) is 0 Å². The normalized spacial score (nSPS) is 21.3. The monoisotopic (exact) mass is 285 g/mol. The second-order valence-corrected chi connectivity index (χ2v) is 5.50. The number of piperidine rings is 1. The molecule has 3 nitrogen and oxygen atoms in total. The molecular weight excluding hydrogens is 266 g/mol. The van der Waals surface area contributed by atoms with Crippen LogP contribution in [-0.4, -0.2) is 22.9 Å². The van der Waals surface area contributed by atoms with Gasteiger partial charge in [0, 0.05) is 12.2 Å². The maximum absolute atomic E-state index is 4.54. The van der Waals surface area contributed by atoms with Crippen molar-refractivity contribution < 1.29 is 0 Å². The second-order valence-electron chi connectivity index (χ2n) is 4.71. The largest absolute Gasteiger partial charge is 0.316 e. The van der Waals surface area contributed by atoms with Crippen LogP contribution < -0.4 is 5.32 Å². The van der Waals surface area contributed by atoms with Gasteiger partial charge in [-0.3, -0.25) is 4.68 Å². The van der Waals surface area contributed by atoms with E-state index in [9.17, 15) is 0 Å². The summed E-state index contributed by atoms with van der Waals surface area (Å²) < 4.78 is 3.29. The van der Waals surface area contributed by atoms with Gasteiger partial charge >= 0.3 is 0 Å². The van der Waals surface area contributed by atoms with E-state index < -0.39 is 0 Å². The molecule has 2 heterocycles. The Labute approximate surface area is 106 Å². The molecule has 0 amide bonds. The van der Waals surface area contributed by atoms with Gasteiger partial charge in [-0.05, 0) is 68.0 Å². The summed E-state index contributed by atoms with van der Waals surface area (Å²) in [5.74, 6) is 0.830. The molecule has 0 bridgehead atoms. The summed E-state index contributed by atoms with van der Waals surface area (Å²) in [6.07, 6.45) is 3.93. The van der Waals surface area contributed by atoms with Crippen LogP contribution in [0, 0.1) is 19.8 Å². The minimum absolute atomic E-state index is 0.830. The Morgan fingerprint density at radius 1 is 1.50 bits per heavy atom. The molecule has 4 heteroatoms. The van der Waals surface area contributed by atoms with Crippen LogP contribution in [0.1, 0.15) is 30.7 Å². The molecule has 1 aromatic heterocycles. The molecule has 0 aliphatic carbocycles. The number of hydrogen-bond acceptors (Lipinski definition) is 2. The third-order valence-electron chi connectivity index (χ3n) is 3.44. The molecule has 1 unspecified atom stereocenters. The molecule has 1 N–H and O–H groups in total. The highest BCUT2D eigenvalue weighted by Gasteiger charge is 2.14. The Bertz CT molecular complexity index is 353.